The van der Waals surface area contributed by atoms with Crippen LogP contribution in [0.2, 0.25) is 0 Å². The second-order valence-electron chi connectivity index (χ2n) is 5.31. The van der Waals surface area contributed by atoms with E-state index in [9.17, 15) is 12.8 Å². The lowest BCUT2D eigenvalue weighted by atomic mass is 10.0. The molecule has 0 aliphatic carbocycles. The van der Waals surface area contributed by atoms with Crippen molar-refractivity contribution in [3.8, 4) is 0 Å². The number of nitrogens with two attached hydrogens (primary N) is 1. The van der Waals surface area contributed by atoms with Crippen LogP contribution in [-0.4, -0.2) is 28.2 Å². The molecule has 7 heteroatoms. The highest BCUT2D eigenvalue weighted by atomic mass is 32.2. The molecule has 0 amide bonds. The summed E-state index contributed by atoms with van der Waals surface area (Å²) in [5.74, 6) is -0.291. The highest BCUT2D eigenvalue weighted by molar-refractivity contribution is 7.89. The molecular formula is C14H21FN2O3S. The Labute approximate surface area is 124 Å². The summed E-state index contributed by atoms with van der Waals surface area (Å²) >= 11 is 0. The summed E-state index contributed by atoms with van der Waals surface area (Å²) < 4.78 is 46.3. The van der Waals surface area contributed by atoms with Crippen LogP contribution in [0.15, 0.2) is 17.0 Å². The van der Waals surface area contributed by atoms with E-state index >= 15 is 0 Å². The van der Waals surface area contributed by atoms with Crippen molar-refractivity contribution in [3.63, 3.8) is 0 Å². The lowest BCUT2D eigenvalue weighted by molar-refractivity contribution is 0.0678. The molecule has 0 aromatic heterocycles. The van der Waals surface area contributed by atoms with Crippen molar-refractivity contribution < 1.29 is 17.5 Å². The summed E-state index contributed by atoms with van der Waals surface area (Å²) in [5, 5.41) is 0. The molecule has 1 aromatic carbocycles. The molecule has 1 heterocycles. The minimum absolute atomic E-state index is 0.0324. The van der Waals surface area contributed by atoms with Crippen molar-refractivity contribution in [1.82, 2.24) is 4.72 Å². The van der Waals surface area contributed by atoms with E-state index in [4.69, 9.17) is 10.5 Å². The molecule has 1 fully saturated rings. The third kappa shape index (κ3) is 4.00. The highest BCUT2D eigenvalue weighted by Crippen LogP contribution is 2.21. The molecule has 1 saturated heterocycles. The summed E-state index contributed by atoms with van der Waals surface area (Å²) in [4.78, 5) is -0.0324. The summed E-state index contributed by atoms with van der Waals surface area (Å²) in [7, 11) is -3.73. The third-order valence-corrected chi connectivity index (χ3v) is 5.33. The molecule has 2 rings (SSSR count). The number of nitrogens with one attached hydrogen (secondary N) is 1. The number of rotatable bonds is 5. The fourth-order valence-electron chi connectivity index (χ4n) is 2.36. The Balaban J connectivity index is 2.16. The van der Waals surface area contributed by atoms with Crippen LogP contribution in [0.1, 0.15) is 24.0 Å². The molecule has 3 N–H and O–H groups in total. The lowest BCUT2D eigenvalue weighted by Crippen LogP contribution is -2.32. The van der Waals surface area contributed by atoms with Crippen molar-refractivity contribution in [3.05, 3.63) is 29.1 Å². The standard InChI is InChI=1S/C14H21FN2O3S/c1-10-13(15)6-12(8-16)7-14(10)21(18,19)17-9-11-2-4-20-5-3-11/h6-7,11,17H,2-5,8-9,16H2,1H3. The van der Waals surface area contributed by atoms with Gasteiger partial charge in [0.15, 0.2) is 0 Å². The Bertz CT molecular complexity index is 598. The molecule has 0 unspecified atom stereocenters. The SMILES string of the molecule is Cc1c(F)cc(CN)cc1S(=O)(=O)NCC1CCOCC1. The number of halogens is 1. The van der Waals surface area contributed by atoms with E-state index in [0.717, 1.165) is 12.8 Å². The molecule has 1 aliphatic heterocycles. The van der Waals surface area contributed by atoms with Crippen LogP contribution in [0.25, 0.3) is 0 Å². The molecular weight excluding hydrogens is 295 g/mol. The number of sulfonamides is 1. The number of hydrogen-bond acceptors (Lipinski definition) is 4. The summed E-state index contributed by atoms with van der Waals surface area (Å²) in [6, 6.07) is 2.71. The van der Waals surface area contributed by atoms with Crippen molar-refractivity contribution in [2.24, 2.45) is 11.7 Å². The van der Waals surface area contributed by atoms with E-state index in [2.05, 4.69) is 4.72 Å². The van der Waals surface area contributed by atoms with Crippen LogP contribution in [0.4, 0.5) is 4.39 Å². The monoisotopic (exact) mass is 316 g/mol. The van der Waals surface area contributed by atoms with E-state index in [1.54, 1.807) is 0 Å². The van der Waals surface area contributed by atoms with Gasteiger partial charge in [-0.2, -0.15) is 0 Å². The van der Waals surface area contributed by atoms with Gasteiger partial charge < -0.3 is 10.5 Å². The van der Waals surface area contributed by atoms with Gasteiger partial charge in [0.25, 0.3) is 0 Å². The molecule has 0 spiro atoms. The van der Waals surface area contributed by atoms with Gasteiger partial charge in [-0.25, -0.2) is 17.5 Å². The highest BCUT2D eigenvalue weighted by Gasteiger charge is 2.22. The third-order valence-electron chi connectivity index (χ3n) is 3.78. The maximum Gasteiger partial charge on any atom is 0.240 e. The Morgan fingerprint density at radius 2 is 2.05 bits per heavy atom. The second-order valence-corrected chi connectivity index (χ2v) is 7.05. The number of benzene rings is 1. The molecule has 1 aliphatic rings. The Hall–Kier alpha value is -1.02. The Morgan fingerprint density at radius 3 is 2.67 bits per heavy atom. The van der Waals surface area contributed by atoms with Crippen LogP contribution in [0, 0.1) is 18.7 Å². The normalized spacial score (nSPS) is 17.1. The zero-order chi connectivity index (χ0) is 15.5. The van der Waals surface area contributed by atoms with Gasteiger partial charge in [0.2, 0.25) is 10.0 Å². The maximum atomic E-state index is 13.8. The second kappa shape index (κ2) is 6.83. The van der Waals surface area contributed by atoms with Gasteiger partial charge in [-0.3, -0.25) is 0 Å². The summed E-state index contributed by atoms with van der Waals surface area (Å²) in [6.07, 6.45) is 1.66. The first-order valence-electron chi connectivity index (χ1n) is 7.00. The number of ether oxygens (including phenoxy) is 1. The molecule has 5 nitrogen and oxygen atoms in total. The van der Waals surface area contributed by atoms with E-state index < -0.39 is 15.8 Å². The first kappa shape index (κ1) is 16.4. The average Bonchev–Trinajstić information content (AvgIpc) is 2.48. The first-order valence-corrected chi connectivity index (χ1v) is 8.49. The fourth-order valence-corrected chi connectivity index (χ4v) is 3.78. The zero-order valence-corrected chi connectivity index (χ0v) is 12.9. The van der Waals surface area contributed by atoms with Crippen molar-refractivity contribution in [2.75, 3.05) is 19.8 Å². The minimum atomic E-state index is -3.73. The summed E-state index contributed by atoms with van der Waals surface area (Å²) in [5.41, 5.74) is 6.06. The molecule has 0 atom stereocenters. The van der Waals surface area contributed by atoms with Gasteiger partial charge in [-0.15, -0.1) is 0 Å². The van der Waals surface area contributed by atoms with Gasteiger partial charge in [-0.05, 0) is 43.4 Å². The molecule has 118 valence electrons. The Morgan fingerprint density at radius 1 is 1.38 bits per heavy atom. The molecule has 1 aromatic rings. The van der Waals surface area contributed by atoms with E-state index in [0.29, 0.717) is 25.3 Å². The van der Waals surface area contributed by atoms with Crippen LogP contribution in [0.5, 0.6) is 0 Å². The van der Waals surface area contributed by atoms with Crippen molar-refractivity contribution in [1.29, 1.82) is 0 Å². The Kier molecular flexibility index (Phi) is 5.32. The fraction of sp³-hybridized carbons (Fsp3) is 0.571. The van der Waals surface area contributed by atoms with Gasteiger partial charge in [0.05, 0.1) is 4.90 Å². The zero-order valence-electron chi connectivity index (χ0n) is 12.1. The maximum absolute atomic E-state index is 13.8. The van der Waals surface area contributed by atoms with E-state index in [1.165, 1.54) is 19.1 Å². The van der Waals surface area contributed by atoms with Crippen LogP contribution < -0.4 is 10.5 Å². The molecule has 0 bridgehead atoms. The van der Waals surface area contributed by atoms with Crippen LogP contribution in [0.3, 0.4) is 0 Å². The lowest BCUT2D eigenvalue weighted by Gasteiger charge is -2.22. The molecule has 0 radical (unpaired) electrons. The largest absolute Gasteiger partial charge is 0.381 e. The quantitative estimate of drug-likeness (QED) is 0.858. The predicted molar refractivity (Wildman–Crippen MR) is 77.8 cm³/mol. The van der Waals surface area contributed by atoms with Gasteiger partial charge in [-0.1, -0.05) is 0 Å². The smallest absolute Gasteiger partial charge is 0.240 e. The first-order chi connectivity index (χ1) is 9.94. The number of hydrogen-bond donors (Lipinski definition) is 2. The predicted octanol–water partition coefficient (Wildman–Crippen LogP) is 1.30. The van der Waals surface area contributed by atoms with Crippen molar-refractivity contribution in [2.45, 2.75) is 31.2 Å². The van der Waals surface area contributed by atoms with Gasteiger partial charge in [0.1, 0.15) is 5.82 Å². The topological polar surface area (TPSA) is 81.4 Å². The summed E-state index contributed by atoms with van der Waals surface area (Å²) in [6.45, 7) is 3.21. The van der Waals surface area contributed by atoms with Gasteiger partial charge >= 0.3 is 0 Å². The minimum Gasteiger partial charge on any atom is -0.381 e. The van der Waals surface area contributed by atoms with Crippen LogP contribution >= 0.6 is 0 Å². The van der Waals surface area contributed by atoms with Crippen molar-refractivity contribution >= 4 is 10.0 Å². The van der Waals surface area contributed by atoms with E-state index in [-0.39, 0.29) is 22.9 Å². The van der Waals surface area contributed by atoms with Crippen LogP contribution in [-0.2, 0) is 21.3 Å². The molecule has 0 saturated carbocycles. The average molecular weight is 316 g/mol. The van der Waals surface area contributed by atoms with Gasteiger partial charge in [0, 0.05) is 31.9 Å². The van der Waals surface area contributed by atoms with E-state index in [1.807, 2.05) is 0 Å². The molecule has 21 heavy (non-hydrogen) atoms.